The van der Waals surface area contributed by atoms with E-state index in [1.54, 1.807) is 19.3 Å². The summed E-state index contributed by atoms with van der Waals surface area (Å²) in [5.41, 5.74) is 0.229. The zero-order chi connectivity index (χ0) is 19.7. The standard InChI is InChI=1S/C17H19ClF3N5O/c1-22-16(23-7-6-12-2-4-14(18)25-10-12)24-8-9-27-15-5-3-13(11-26-15)17(19,20)21/h2-5,10-11H,6-9H2,1H3,(H2,22,23,24). The maximum absolute atomic E-state index is 12.5. The molecule has 0 bridgehead atoms. The summed E-state index contributed by atoms with van der Waals surface area (Å²) < 4.78 is 42.7. The molecule has 2 N–H and O–H groups in total. The van der Waals surface area contributed by atoms with Gasteiger partial charge in [0.25, 0.3) is 0 Å². The molecule has 0 saturated carbocycles. The van der Waals surface area contributed by atoms with Gasteiger partial charge in [-0.15, -0.1) is 0 Å². The molecule has 2 rings (SSSR count). The lowest BCUT2D eigenvalue weighted by Crippen LogP contribution is -2.40. The third-order valence-corrected chi connectivity index (χ3v) is 3.65. The van der Waals surface area contributed by atoms with Gasteiger partial charge >= 0.3 is 6.18 Å². The number of rotatable bonds is 7. The van der Waals surface area contributed by atoms with Crippen LogP contribution in [0.5, 0.6) is 5.88 Å². The summed E-state index contributed by atoms with van der Waals surface area (Å²) in [6.45, 7) is 1.27. The van der Waals surface area contributed by atoms with Crippen LogP contribution in [0.2, 0.25) is 5.15 Å². The molecule has 0 unspecified atom stereocenters. The Hall–Kier alpha value is -2.55. The smallest absolute Gasteiger partial charge is 0.417 e. The van der Waals surface area contributed by atoms with E-state index >= 15 is 0 Å². The van der Waals surface area contributed by atoms with E-state index in [1.165, 1.54) is 6.07 Å². The van der Waals surface area contributed by atoms with Crippen LogP contribution in [0.25, 0.3) is 0 Å². The molecule has 0 atom stereocenters. The van der Waals surface area contributed by atoms with Crippen molar-refractivity contribution in [2.75, 3.05) is 26.7 Å². The molecule has 10 heteroatoms. The topological polar surface area (TPSA) is 71.4 Å². The van der Waals surface area contributed by atoms with Crippen LogP contribution in [0.3, 0.4) is 0 Å². The molecule has 2 aromatic rings. The van der Waals surface area contributed by atoms with Gasteiger partial charge in [0.1, 0.15) is 11.8 Å². The van der Waals surface area contributed by atoms with Gasteiger partial charge in [0.2, 0.25) is 5.88 Å². The number of hydrogen-bond donors (Lipinski definition) is 2. The van der Waals surface area contributed by atoms with E-state index in [0.29, 0.717) is 24.2 Å². The molecule has 0 saturated heterocycles. The van der Waals surface area contributed by atoms with Crippen LogP contribution in [0.15, 0.2) is 41.7 Å². The van der Waals surface area contributed by atoms with Crippen molar-refractivity contribution in [2.24, 2.45) is 4.99 Å². The molecule has 0 radical (unpaired) electrons. The molecule has 146 valence electrons. The first-order valence-electron chi connectivity index (χ1n) is 8.09. The maximum atomic E-state index is 12.5. The Bertz CT molecular complexity index is 736. The van der Waals surface area contributed by atoms with Crippen molar-refractivity contribution in [1.82, 2.24) is 20.6 Å². The predicted octanol–water partition coefficient (Wildman–Crippen LogP) is 2.94. The van der Waals surface area contributed by atoms with Crippen LogP contribution >= 0.6 is 11.6 Å². The third-order valence-electron chi connectivity index (χ3n) is 3.43. The fourth-order valence-electron chi connectivity index (χ4n) is 2.06. The first kappa shape index (κ1) is 20.8. The number of aromatic nitrogens is 2. The molecule has 0 fully saturated rings. The minimum Gasteiger partial charge on any atom is -0.476 e. The molecular weight excluding hydrogens is 383 g/mol. The second kappa shape index (κ2) is 9.96. The number of nitrogens with zero attached hydrogens (tertiary/aromatic N) is 3. The second-order valence-corrected chi connectivity index (χ2v) is 5.78. The summed E-state index contributed by atoms with van der Waals surface area (Å²) in [7, 11) is 1.64. The molecule has 0 amide bonds. The highest BCUT2D eigenvalue weighted by molar-refractivity contribution is 6.29. The normalized spacial score (nSPS) is 12.0. The van der Waals surface area contributed by atoms with Crippen molar-refractivity contribution >= 4 is 17.6 Å². The zero-order valence-corrected chi connectivity index (χ0v) is 15.3. The highest BCUT2D eigenvalue weighted by Crippen LogP contribution is 2.29. The van der Waals surface area contributed by atoms with E-state index in [1.807, 2.05) is 6.07 Å². The molecular formula is C17H19ClF3N5O. The predicted molar refractivity (Wildman–Crippen MR) is 97.0 cm³/mol. The third kappa shape index (κ3) is 7.30. The fourth-order valence-corrected chi connectivity index (χ4v) is 2.17. The molecule has 2 heterocycles. The summed E-state index contributed by atoms with van der Waals surface area (Å²) in [5, 5.41) is 6.63. The maximum Gasteiger partial charge on any atom is 0.417 e. The lowest BCUT2D eigenvalue weighted by atomic mass is 10.2. The molecule has 6 nitrogen and oxygen atoms in total. The Morgan fingerprint density at radius 2 is 1.89 bits per heavy atom. The van der Waals surface area contributed by atoms with Gasteiger partial charge in [0.05, 0.1) is 12.1 Å². The van der Waals surface area contributed by atoms with Gasteiger partial charge < -0.3 is 15.4 Å². The number of guanidine groups is 1. The first-order valence-corrected chi connectivity index (χ1v) is 8.47. The minimum atomic E-state index is -4.41. The summed E-state index contributed by atoms with van der Waals surface area (Å²) in [6.07, 6.45) is -1.20. The fraction of sp³-hybridized carbons (Fsp3) is 0.353. The Labute approximate surface area is 159 Å². The molecule has 0 aromatic carbocycles. The monoisotopic (exact) mass is 401 g/mol. The first-order chi connectivity index (χ1) is 12.9. The largest absolute Gasteiger partial charge is 0.476 e. The number of hydrogen-bond acceptors (Lipinski definition) is 4. The summed E-state index contributed by atoms with van der Waals surface area (Å²) in [5.74, 6) is 0.712. The number of ether oxygens (including phenoxy) is 1. The van der Waals surface area contributed by atoms with E-state index in [4.69, 9.17) is 16.3 Å². The van der Waals surface area contributed by atoms with Gasteiger partial charge in [-0.05, 0) is 24.1 Å². The van der Waals surface area contributed by atoms with Gasteiger partial charge in [-0.2, -0.15) is 13.2 Å². The van der Waals surface area contributed by atoms with E-state index in [0.717, 1.165) is 24.2 Å². The number of alkyl halides is 3. The molecule has 0 aliphatic rings. The number of nitrogens with one attached hydrogen (secondary N) is 2. The van der Waals surface area contributed by atoms with E-state index in [-0.39, 0.29) is 12.5 Å². The van der Waals surface area contributed by atoms with Gasteiger partial charge in [-0.25, -0.2) is 9.97 Å². The molecule has 0 aliphatic heterocycles. The van der Waals surface area contributed by atoms with Gasteiger partial charge in [0.15, 0.2) is 5.96 Å². The Morgan fingerprint density at radius 3 is 2.48 bits per heavy atom. The van der Waals surface area contributed by atoms with Crippen LogP contribution in [-0.2, 0) is 12.6 Å². The van der Waals surface area contributed by atoms with Gasteiger partial charge in [0, 0.05) is 32.1 Å². The zero-order valence-electron chi connectivity index (χ0n) is 14.6. The van der Waals surface area contributed by atoms with Crippen molar-refractivity contribution in [2.45, 2.75) is 12.6 Å². The SMILES string of the molecule is CN=C(NCCOc1ccc(C(F)(F)F)cn1)NCCc1ccc(Cl)nc1. The molecule has 2 aromatic heterocycles. The molecule has 0 spiro atoms. The molecule has 27 heavy (non-hydrogen) atoms. The Morgan fingerprint density at radius 1 is 1.11 bits per heavy atom. The van der Waals surface area contributed by atoms with E-state index in [2.05, 4.69) is 25.6 Å². The van der Waals surface area contributed by atoms with Crippen LogP contribution < -0.4 is 15.4 Å². The van der Waals surface area contributed by atoms with Crippen molar-refractivity contribution in [1.29, 1.82) is 0 Å². The van der Waals surface area contributed by atoms with Gasteiger partial charge in [-0.1, -0.05) is 17.7 Å². The second-order valence-electron chi connectivity index (χ2n) is 5.40. The van der Waals surface area contributed by atoms with Gasteiger partial charge in [-0.3, -0.25) is 4.99 Å². The van der Waals surface area contributed by atoms with E-state index in [9.17, 15) is 13.2 Å². The summed E-state index contributed by atoms with van der Waals surface area (Å²) >= 11 is 5.74. The van der Waals surface area contributed by atoms with Crippen molar-refractivity contribution in [3.05, 3.63) is 52.9 Å². The quantitative estimate of drug-likeness (QED) is 0.323. The Kier molecular flexibility index (Phi) is 7.66. The summed E-state index contributed by atoms with van der Waals surface area (Å²) in [4.78, 5) is 11.7. The van der Waals surface area contributed by atoms with Crippen LogP contribution in [0.4, 0.5) is 13.2 Å². The average molecular weight is 402 g/mol. The Balaban J connectivity index is 1.66. The number of halogens is 4. The number of aliphatic imine (C=N–C) groups is 1. The lowest BCUT2D eigenvalue weighted by Gasteiger charge is -2.12. The average Bonchev–Trinajstić information content (AvgIpc) is 2.65. The number of pyridine rings is 2. The summed E-state index contributed by atoms with van der Waals surface area (Å²) in [6, 6.07) is 5.76. The van der Waals surface area contributed by atoms with Crippen molar-refractivity contribution in [3.63, 3.8) is 0 Å². The van der Waals surface area contributed by atoms with Crippen molar-refractivity contribution in [3.8, 4) is 5.88 Å². The highest BCUT2D eigenvalue weighted by Gasteiger charge is 2.30. The van der Waals surface area contributed by atoms with Crippen molar-refractivity contribution < 1.29 is 17.9 Å². The molecule has 0 aliphatic carbocycles. The minimum absolute atomic E-state index is 0.128. The lowest BCUT2D eigenvalue weighted by molar-refractivity contribution is -0.137. The highest BCUT2D eigenvalue weighted by atomic mass is 35.5. The van der Waals surface area contributed by atoms with Crippen LogP contribution in [0, 0.1) is 0 Å². The van der Waals surface area contributed by atoms with Crippen LogP contribution in [0.1, 0.15) is 11.1 Å². The van der Waals surface area contributed by atoms with E-state index < -0.39 is 11.7 Å². The van der Waals surface area contributed by atoms with Crippen LogP contribution in [-0.4, -0.2) is 42.7 Å².